The maximum atomic E-state index is 13.1. The molecule has 0 radical (unpaired) electrons. The zero-order valence-corrected chi connectivity index (χ0v) is 20.4. The van der Waals surface area contributed by atoms with Gasteiger partial charge in [0.15, 0.2) is 15.6 Å². The van der Waals surface area contributed by atoms with Crippen LogP contribution < -0.4 is 4.74 Å². The van der Waals surface area contributed by atoms with E-state index in [-0.39, 0.29) is 28.7 Å². The quantitative estimate of drug-likeness (QED) is 0.475. The molecule has 0 bridgehead atoms. The molecule has 3 aromatic rings. The molecule has 0 aliphatic carbocycles. The number of benzene rings is 2. The molecule has 180 valence electrons. The van der Waals surface area contributed by atoms with Gasteiger partial charge in [-0.3, -0.25) is 4.79 Å². The molecule has 1 saturated heterocycles. The Morgan fingerprint density at radius 1 is 1.12 bits per heavy atom. The molecule has 1 aliphatic rings. The number of aromatic nitrogens is 1. The van der Waals surface area contributed by atoms with Crippen LogP contribution in [0.25, 0.3) is 11.3 Å². The van der Waals surface area contributed by atoms with Crippen molar-refractivity contribution in [2.45, 2.75) is 37.5 Å². The Kier molecular flexibility index (Phi) is 7.36. The van der Waals surface area contributed by atoms with E-state index >= 15 is 0 Å². The number of methoxy groups -OCH3 is 1. The molecule has 2 aromatic carbocycles. The van der Waals surface area contributed by atoms with Crippen molar-refractivity contribution in [2.75, 3.05) is 26.0 Å². The number of hydrogen-bond donors (Lipinski definition) is 0. The lowest BCUT2D eigenvalue weighted by atomic mass is 9.90. The van der Waals surface area contributed by atoms with Crippen molar-refractivity contribution in [1.82, 2.24) is 10.1 Å². The Balaban J connectivity index is 1.37. The standard InChI is InChI=1S/C26H30N2O5S/c1-19-16-24(33-27-19)22-8-9-23(32-2)25(18-22)34(30,31)15-12-26(29)28-13-10-21(11-14-28)17-20-6-4-3-5-7-20/h3-9,16,18,21H,10-15,17H2,1-2H3. The first-order chi connectivity index (χ1) is 16.4. The molecule has 34 heavy (non-hydrogen) atoms. The van der Waals surface area contributed by atoms with Gasteiger partial charge in [-0.15, -0.1) is 0 Å². The van der Waals surface area contributed by atoms with Gasteiger partial charge in [-0.05, 0) is 55.9 Å². The van der Waals surface area contributed by atoms with Crippen molar-refractivity contribution < 1.29 is 22.5 Å². The van der Waals surface area contributed by atoms with E-state index in [4.69, 9.17) is 9.26 Å². The maximum Gasteiger partial charge on any atom is 0.223 e. The van der Waals surface area contributed by atoms with Gasteiger partial charge in [-0.25, -0.2) is 8.42 Å². The van der Waals surface area contributed by atoms with Gasteiger partial charge in [-0.2, -0.15) is 0 Å². The second-order valence-electron chi connectivity index (χ2n) is 8.78. The summed E-state index contributed by atoms with van der Waals surface area (Å²) in [7, 11) is -2.32. The Morgan fingerprint density at radius 3 is 2.50 bits per heavy atom. The average molecular weight is 483 g/mol. The van der Waals surface area contributed by atoms with Crippen molar-refractivity contribution in [3.05, 3.63) is 65.9 Å². The smallest absolute Gasteiger partial charge is 0.223 e. The fourth-order valence-corrected chi connectivity index (χ4v) is 5.82. The highest BCUT2D eigenvalue weighted by Gasteiger charge is 2.26. The molecule has 1 fully saturated rings. The molecule has 1 aromatic heterocycles. The van der Waals surface area contributed by atoms with E-state index in [1.54, 1.807) is 30.0 Å². The lowest BCUT2D eigenvalue weighted by molar-refractivity contribution is -0.132. The van der Waals surface area contributed by atoms with Gasteiger partial charge in [0.25, 0.3) is 0 Å². The summed E-state index contributed by atoms with van der Waals surface area (Å²) in [6.07, 6.45) is 2.82. The lowest BCUT2D eigenvalue weighted by Crippen LogP contribution is -2.39. The number of carbonyl (C=O) groups is 1. The maximum absolute atomic E-state index is 13.1. The summed E-state index contributed by atoms with van der Waals surface area (Å²) in [5.74, 6) is 0.871. The lowest BCUT2D eigenvalue weighted by Gasteiger charge is -2.32. The third kappa shape index (κ3) is 5.67. The van der Waals surface area contributed by atoms with E-state index in [0.717, 1.165) is 19.3 Å². The largest absolute Gasteiger partial charge is 0.495 e. The normalized spacial score (nSPS) is 14.8. The number of piperidine rings is 1. The number of hydrogen-bond acceptors (Lipinski definition) is 6. The molecule has 2 heterocycles. The molecular weight excluding hydrogens is 452 g/mol. The molecule has 0 spiro atoms. The number of likely N-dealkylation sites (tertiary alicyclic amines) is 1. The van der Waals surface area contributed by atoms with Crippen molar-refractivity contribution in [1.29, 1.82) is 0 Å². The molecule has 1 amide bonds. The fourth-order valence-electron chi connectivity index (χ4n) is 4.40. The first-order valence-electron chi connectivity index (χ1n) is 11.5. The molecule has 1 aliphatic heterocycles. The topological polar surface area (TPSA) is 89.7 Å². The highest BCUT2D eigenvalue weighted by atomic mass is 32.2. The predicted molar refractivity (Wildman–Crippen MR) is 129 cm³/mol. The van der Waals surface area contributed by atoms with Crippen LogP contribution in [0.15, 0.2) is 64.0 Å². The minimum atomic E-state index is -3.75. The molecule has 0 saturated carbocycles. The molecule has 0 N–H and O–H groups in total. The first-order valence-corrected chi connectivity index (χ1v) is 13.2. The van der Waals surface area contributed by atoms with E-state index < -0.39 is 9.84 Å². The monoisotopic (exact) mass is 482 g/mol. The molecule has 7 nitrogen and oxygen atoms in total. The van der Waals surface area contributed by atoms with Crippen molar-refractivity contribution >= 4 is 15.7 Å². The van der Waals surface area contributed by atoms with Gasteiger partial charge in [-0.1, -0.05) is 35.5 Å². The minimum absolute atomic E-state index is 0.0518. The highest BCUT2D eigenvalue weighted by Crippen LogP contribution is 2.31. The van der Waals surface area contributed by atoms with Crippen LogP contribution in [-0.2, 0) is 21.1 Å². The van der Waals surface area contributed by atoms with E-state index in [2.05, 4.69) is 17.3 Å². The van der Waals surface area contributed by atoms with Crippen LogP contribution in [-0.4, -0.2) is 50.3 Å². The molecule has 0 unspecified atom stereocenters. The van der Waals surface area contributed by atoms with Gasteiger partial charge < -0.3 is 14.2 Å². The van der Waals surface area contributed by atoms with Crippen LogP contribution in [0.3, 0.4) is 0 Å². The number of rotatable bonds is 8. The van der Waals surface area contributed by atoms with Gasteiger partial charge in [0.1, 0.15) is 10.6 Å². The predicted octanol–water partition coefficient (Wildman–Crippen LogP) is 4.30. The third-order valence-electron chi connectivity index (χ3n) is 6.33. The van der Waals surface area contributed by atoms with Crippen LogP contribution in [0.1, 0.15) is 30.5 Å². The Labute approximate surface area is 200 Å². The van der Waals surface area contributed by atoms with Crippen molar-refractivity contribution in [2.24, 2.45) is 5.92 Å². The SMILES string of the molecule is COc1ccc(-c2cc(C)no2)cc1S(=O)(=O)CCC(=O)N1CCC(Cc2ccccc2)CC1. The summed E-state index contributed by atoms with van der Waals surface area (Å²) in [4.78, 5) is 14.6. The molecule has 0 atom stereocenters. The van der Waals surface area contributed by atoms with Crippen LogP contribution >= 0.6 is 0 Å². The number of amides is 1. The van der Waals surface area contributed by atoms with Gasteiger partial charge in [0.05, 0.1) is 18.6 Å². The molecule has 4 rings (SSSR count). The summed E-state index contributed by atoms with van der Waals surface area (Å²) >= 11 is 0. The molecular formula is C26H30N2O5S. The highest BCUT2D eigenvalue weighted by molar-refractivity contribution is 7.91. The zero-order chi connectivity index (χ0) is 24.1. The van der Waals surface area contributed by atoms with Crippen molar-refractivity contribution in [3.63, 3.8) is 0 Å². The number of ether oxygens (including phenoxy) is 1. The Hall–Kier alpha value is -3.13. The van der Waals surface area contributed by atoms with E-state index in [1.807, 2.05) is 18.2 Å². The van der Waals surface area contributed by atoms with Gasteiger partial charge in [0.2, 0.25) is 5.91 Å². The fraction of sp³-hybridized carbons (Fsp3) is 0.385. The van der Waals surface area contributed by atoms with Gasteiger partial charge in [0, 0.05) is 31.1 Å². The van der Waals surface area contributed by atoms with Crippen LogP contribution in [0, 0.1) is 12.8 Å². The number of aryl methyl sites for hydroxylation is 1. The van der Waals surface area contributed by atoms with E-state index in [1.165, 1.54) is 18.7 Å². The molecule has 8 heteroatoms. The second kappa shape index (κ2) is 10.4. The summed E-state index contributed by atoms with van der Waals surface area (Å²) in [5.41, 5.74) is 2.61. The van der Waals surface area contributed by atoms with E-state index in [9.17, 15) is 13.2 Å². The van der Waals surface area contributed by atoms with Crippen LogP contribution in [0.5, 0.6) is 5.75 Å². The summed E-state index contributed by atoms with van der Waals surface area (Å²) < 4.78 is 36.9. The third-order valence-corrected chi connectivity index (χ3v) is 8.06. The van der Waals surface area contributed by atoms with Crippen LogP contribution in [0.2, 0.25) is 0 Å². The number of nitrogens with zero attached hydrogens (tertiary/aromatic N) is 2. The second-order valence-corrected chi connectivity index (χ2v) is 10.9. The van der Waals surface area contributed by atoms with E-state index in [0.29, 0.717) is 36.0 Å². The summed E-state index contributed by atoms with van der Waals surface area (Å²) in [6.45, 7) is 3.13. The number of carbonyl (C=O) groups excluding carboxylic acids is 1. The number of sulfone groups is 1. The van der Waals surface area contributed by atoms with Gasteiger partial charge >= 0.3 is 0 Å². The van der Waals surface area contributed by atoms with Crippen molar-refractivity contribution in [3.8, 4) is 17.1 Å². The minimum Gasteiger partial charge on any atom is -0.495 e. The summed E-state index contributed by atoms with van der Waals surface area (Å²) in [5, 5.41) is 3.86. The summed E-state index contributed by atoms with van der Waals surface area (Å²) in [6, 6.07) is 17.0. The zero-order valence-electron chi connectivity index (χ0n) is 19.6. The Bertz CT molecular complexity index is 1230. The first kappa shape index (κ1) is 24.0. The van der Waals surface area contributed by atoms with Crippen LogP contribution in [0.4, 0.5) is 0 Å². The average Bonchev–Trinajstić information content (AvgIpc) is 3.29. The Morgan fingerprint density at radius 2 is 1.85 bits per heavy atom.